The lowest BCUT2D eigenvalue weighted by Crippen LogP contribution is -2.13. The molecule has 2 aromatic heterocycles. The van der Waals surface area contributed by atoms with E-state index in [1.54, 1.807) is 66.7 Å². The Morgan fingerprint density at radius 3 is 1.77 bits per heavy atom. The second-order valence-electron chi connectivity index (χ2n) is 6.47. The van der Waals surface area contributed by atoms with Crippen LogP contribution in [-0.4, -0.2) is 17.7 Å². The molecule has 4 aromatic rings. The SMILES string of the molecule is O=C(Nc1ccc(NC(=O)c2ccco2)cc1)c1ccc(NC(=O)c2cccs2)cc1. The highest BCUT2D eigenvalue weighted by atomic mass is 32.1. The smallest absolute Gasteiger partial charge is 0.291 e. The molecule has 0 fully saturated rings. The van der Waals surface area contributed by atoms with Crippen LogP contribution in [0, 0.1) is 0 Å². The van der Waals surface area contributed by atoms with Crippen LogP contribution in [0.2, 0.25) is 0 Å². The number of hydrogen-bond donors (Lipinski definition) is 3. The number of carbonyl (C=O) groups is 3. The number of thiophene rings is 1. The monoisotopic (exact) mass is 431 g/mol. The Morgan fingerprint density at radius 1 is 0.645 bits per heavy atom. The van der Waals surface area contributed by atoms with Gasteiger partial charge in [0.25, 0.3) is 17.7 Å². The van der Waals surface area contributed by atoms with Gasteiger partial charge in [-0.15, -0.1) is 11.3 Å². The van der Waals surface area contributed by atoms with Gasteiger partial charge in [-0.2, -0.15) is 0 Å². The number of benzene rings is 2. The number of nitrogens with one attached hydrogen (secondary N) is 3. The van der Waals surface area contributed by atoms with Crippen LogP contribution in [-0.2, 0) is 0 Å². The second kappa shape index (κ2) is 9.10. The van der Waals surface area contributed by atoms with Crippen LogP contribution >= 0.6 is 11.3 Å². The predicted molar refractivity (Wildman–Crippen MR) is 120 cm³/mol. The molecule has 0 unspecified atom stereocenters. The second-order valence-corrected chi connectivity index (χ2v) is 7.42. The van der Waals surface area contributed by atoms with E-state index in [9.17, 15) is 14.4 Å². The normalized spacial score (nSPS) is 10.3. The van der Waals surface area contributed by atoms with Crippen molar-refractivity contribution in [2.75, 3.05) is 16.0 Å². The van der Waals surface area contributed by atoms with Crippen LogP contribution in [0.15, 0.2) is 88.9 Å². The number of carbonyl (C=O) groups excluding carboxylic acids is 3. The van der Waals surface area contributed by atoms with Crippen molar-refractivity contribution in [1.29, 1.82) is 0 Å². The molecule has 0 aliphatic rings. The van der Waals surface area contributed by atoms with E-state index in [-0.39, 0.29) is 23.5 Å². The highest BCUT2D eigenvalue weighted by molar-refractivity contribution is 7.12. The number of furan rings is 1. The van der Waals surface area contributed by atoms with Gasteiger partial charge in [-0.1, -0.05) is 6.07 Å². The zero-order valence-electron chi connectivity index (χ0n) is 16.1. The van der Waals surface area contributed by atoms with E-state index in [1.807, 2.05) is 11.4 Å². The fourth-order valence-electron chi connectivity index (χ4n) is 2.75. The average Bonchev–Trinajstić information content (AvgIpc) is 3.50. The van der Waals surface area contributed by atoms with E-state index in [0.717, 1.165) is 0 Å². The summed E-state index contributed by atoms with van der Waals surface area (Å²) in [4.78, 5) is 37.2. The first-order valence-corrected chi connectivity index (χ1v) is 10.2. The molecule has 154 valence electrons. The summed E-state index contributed by atoms with van der Waals surface area (Å²) in [6.45, 7) is 0. The predicted octanol–water partition coefficient (Wildman–Crippen LogP) is 5.10. The zero-order chi connectivity index (χ0) is 21.6. The quantitative estimate of drug-likeness (QED) is 0.395. The molecule has 31 heavy (non-hydrogen) atoms. The van der Waals surface area contributed by atoms with Crippen LogP contribution in [0.3, 0.4) is 0 Å². The van der Waals surface area contributed by atoms with Gasteiger partial charge in [-0.3, -0.25) is 14.4 Å². The van der Waals surface area contributed by atoms with Gasteiger partial charge in [0, 0.05) is 22.6 Å². The Labute approximate surface area is 181 Å². The lowest BCUT2D eigenvalue weighted by molar-refractivity contribution is 0.0993. The van der Waals surface area contributed by atoms with Gasteiger partial charge in [0.2, 0.25) is 0 Å². The van der Waals surface area contributed by atoms with Gasteiger partial charge in [0.1, 0.15) is 0 Å². The lowest BCUT2D eigenvalue weighted by Gasteiger charge is -2.08. The van der Waals surface area contributed by atoms with Crippen molar-refractivity contribution in [2.24, 2.45) is 0 Å². The Kier molecular flexibility index (Phi) is 5.91. The third kappa shape index (κ3) is 5.06. The first-order valence-electron chi connectivity index (χ1n) is 9.30. The van der Waals surface area contributed by atoms with E-state index in [0.29, 0.717) is 27.5 Å². The lowest BCUT2D eigenvalue weighted by atomic mass is 10.2. The molecule has 0 spiro atoms. The van der Waals surface area contributed by atoms with Crippen molar-refractivity contribution in [3.63, 3.8) is 0 Å². The summed E-state index contributed by atoms with van der Waals surface area (Å²) in [7, 11) is 0. The Hall–Kier alpha value is -4.17. The summed E-state index contributed by atoms with van der Waals surface area (Å²) >= 11 is 1.36. The Bertz CT molecular complexity index is 1180. The molecule has 0 aliphatic heterocycles. The summed E-state index contributed by atoms with van der Waals surface area (Å²) in [5, 5.41) is 10.1. The van der Waals surface area contributed by atoms with Crippen molar-refractivity contribution >= 4 is 46.1 Å². The zero-order valence-corrected chi connectivity index (χ0v) is 16.9. The fraction of sp³-hybridized carbons (Fsp3) is 0. The van der Waals surface area contributed by atoms with Crippen molar-refractivity contribution in [1.82, 2.24) is 0 Å². The third-order valence-corrected chi connectivity index (χ3v) is 5.16. The molecule has 4 rings (SSSR count). The molecule has 0 saturated carbocycles. The largest absolute Gasteiger partial charge is 0.459 e. The maximum absolute atomic E-state index is 12.5. The van der Waals surface area contributed by atoms with E-state index < -0.39 is 0 Å². The van der Waals surface area contributed by atoms with E-state index in [4.69, 9.17) is 4.42 Å². The first kappa shape index (κ1) is 20.1. The molecule has 0 saturated heterocycles. The van der Waals surface area contributed by atoms with Gasteiger partial charge in [-0.05, 0) is 72.1 Å². The van der Waals surface area contributed by atoms with Crippen LogP contribution in [0.4, 0.5) is 17.1 Å². The van der Waals surface area contributed by atoms with Gasteiger partial charge in [-0.25, -0.2) is 0 Å². The Balaban J connectivity index is 1.33. The molecular weight excluding hydrogens is 414 g/mol. The molecule has 3 amide bonds. The summed E-state index contributed by atoms with van der Waals surface area (Å²) in [5.74, 6) is -0.615. The standard InChI is InChI=1S/C23H17N3O4S/c27-21(15-5-7-16(8-6-15)26-23(29)20-4-2-14-31-20)24-17-9-11-18(12-10-17)25-22(28)19-3-1-13-30-19/h1-14H,(H,24,27)(H,25,28)(H,26,29). The van der Waals surface area contributed by atoms with Crippen molar-refractivity contribution in [3.05, 3.63) is 101 Å². The van der Waals surface area contributed by atoms with E-state index in [1.165, 1.54) is 17.6 Å². The van der Waals surface area contributed by atoms with Crippen molar-refractivity contribution in [3.8, 4) is 0 Å². The van der Waals surface area contributed by atoms with Crippen LogP contribution < -0.4 is 16.0 Å². The maximum atomic E-state index is 12.5. The number of amides is 3. The van der Waals surface area contributed by atoms with Gasteiger partial charge in [0.05, 0.1) is 11.1 Å². The number of rotatable bonds is 6. The summed E-state index contributed by atoms with van der Waals surface area (Å²) in [6.07, 6.45) is 1.43. The molecule has 2 aromatic carbocycles. The summed E-state index contributed by atoms with van der Waals surface area (Å²) < 4.78 is 5.05. The Morgan fingerprint density at radius 2 is 1.23 bits per heavy atom. The minimum Gasteiger partial charge on any atom is -0.459 e. The summed E-state index contributed by atoms with van der Waals surface area (Å²) in [5.41, 5.74) is 2.21. The van der Waals surface area contributed by atoms with Crippen molar-refractivity contribution < 1.29 is 18.8 Å². The molecule has 0 aliphatic carbocycles. The maximum Gasteiger partial charge on any atom is 0.291 e. The van der Waals surface area contributed by atoms with Crippen LogP contribution in [0.5, 0.6) is 0 Å². The molecule has 0 bridgehead atoms. The minimum atomic E-state index is -0.354. The average molecular weight is 431 g/mol. The molecule has 0 atom stereocenters. The molecule has 7 nitrogen and oxygen atoms in total. The third-order valence-electron chi connectivity index (χ3n) is 4.30. The van der Waals surface area contributed by atoms with Crippen molar-refractivity contribution in [2.45, 2.75) is 0 Å². The van der Waals surface area contributed by atoms with Crippen LogP contribution in [0.1, 0.15) is 30.6 Å². The minimum absolute atomic E-state index is 0.188. The molecule has 2 heterocycles. The van der Waals surface area contributed by atoms with Gasteiger partial charge in [0.15, 0.2) is 5.76 Å². The highest BCUT2D eigenvalue weighted by Gasteiger charge is 2.11. The molecule has 8 heteroatoms. The van der Waals surface area contributed by atoms with Crippen LogP contribution in [0.25, 0.3) is 0 Å². The van der Waals surface area contributed by atoms with Gasteiger partial charge < -0.3 is 20.4 Å². The topological polar surface area (TPSA) is 100 Å². The molecule has 0 radical (unpaired) electrons. The van der Waals surface area contributed by atoms with E-state index in [2.05, 4.69) is 16.0 Å². The van der Waals surface area contributed by atoms with Gasteiger partial charge >= 0.3 is 0 Å². The molecular formula is C23H17N3O4S. The first-order chi connectivity index (χ1) is 15.1. The number of hydrogen-bond acceptors (Lipinski definition) is 5. The van der Waals surface area contributed by atoms with E-state index >= 15 is 0 Å². The number of anilines is 3. The highest BCUT2D eigenvalue weighted by Crippen LogP contribution is 2.18. The molecule has 3 N–H and O–H groups in total. The fourth-order valence-corrected chi connectivity index (χ4v) is 3.36. The summed E-state index contributed by atoms with van der Waals surface area (Å²) in [6, 6.07) is 20.1.